The predicted molar refractivity (Wildman–Crippen MR) is 123 cm³/mol. The summed E-state index contributed by atoms with van der Waals surface area (Å²) < 4.78 is 13.5. The van der Waals surface area contributed by atoms with Gasteiger partial charge in [0, 0.05) is 25.4 Å². The number of carboxylic acid groups (broad SMARTS) is 2. The van der Waals surface area contributed by atoms with Gasteiger partial charge in [0.15, 0.2) is 0 Å². The minimum Gasteiger partial charge on any atom is -0.530 e. The number of amides is 1. The lowest BCUT2D eigenvalue weighted by Crippen LogP contribution is -2.50. The standard InChI is InChI=1S/C26H25FN2O5/c27-21-9-7-19(8-10-21)22-11-12-29(26(32)33)15-23(22)24(28-34-16-25(30)31)14-17-5-6-18-3-1-2-4-20(18)13-17/h1-10,13,22-23H,11-12,14-16H2,(H,30,31)(H,32,33)/p-1/b28-24-. The molecular weight excluding hydrogens is 439 g/mol. The van der Waals surface area contributed by atoms with Crippen LogP contribution in [0.3, 0.4) is 0 Å². The Bertz CT molecular complexity index is 1210. The SMILES string of the molecule is O=C(O)CO/N=C(/Cc1ccc2ccccc2c1)C1CN(C(=O)[O-])CCC1c1ccc(F)cc1. The Hall–Kier alpha value is -3.94. The van der Waals surface area contributed by atoms with Gasteiger partial charge in [-0.1, -0.05) is 59.8 Å². The second-order valence-electron chi connectivity index (χ2n) is 8.37. The molecule has 1 aliphatic heterocycles. The number of piperidine rings is 1. The van der Waals surface area contributed by atoms with Gasteiger partial charge in [-0.25, -0.2) is 9.18 Å². The molecule has 8 heteroatoms. The summed E-state index contributed by atoms with van der Waals surface area (Å²) in [6.45, 7) is -0.216. The number of halogens is 1. The molecule has 4 rings (SSSR count). The summed E-state index contributed by atoms with van der Waals surface area (Å²) in [6.07, 6.45) is -0.452. The van der Waals surface area contributed by atoms with Gasteiger partial charge in [0.25, 0.3) is 0 Å². The summed E-state index contributed by atoms with van der Waals surface area (Å²) in [4.78, 5) is 29.0. The number of carbonyl (C=O) groups is 2. The van der Waals surface area contributed by atoms with Crippen LogP contribution in [0.4, 0.5) is 9.18 Å². The van der Waals surface area contributed by atoms with Crippen molar-refractivity contribution in [3.05, 3.63) is 83.7 Å². The minimum absolute atomic E-state index is 0.118. The van der Waals surface area contributed by atoms with Crippen molar-refractivity contribution in [1.29, 1.82) is 0 Å². The average Bonchev–Trinajstić information content (AvgIpc) is 2.83. The number of benzene rings is 3. The predicted octanol–water partition coefficient (Wildman–Crippen LogP) is 3.43. The highest BCUT2D eigenvalue weighted by atomic mass is 19.1. The van der Waals surface area contributed by atoms with Gasteiger partial charge in [-0.3, -0.25) is 0 Å². The molecule has 2 atom stereocenters. The van der Waals surface area contributed by atoms with Crippen molar-refractivity contribution in [1.82, 2.24) is 4.90 Å². The molecule has 34 heavy (non-hydrogen) atoms. The first-order chi connectivity index (χ1) is 16.4. The second kappa shape index (κ2) is 10.3. The van der Waals surface area contributed by atoms with Crippen molar-refractivity contribution in [2.75, 3.05) is 19.7 Å². The van der Waals surface area contributed by atoms with Gasteiger partial charge in [0.2, 0.25) is 6.61 Å². The Morgan fingerprint density at radius 3 is 2.53 bits per heavy atom. The van der Waals surface area contributed by atoms with Gasteiger partial charge < -0.3 is 24.7 Å². The summed E-state index contributed by atoms with van der Waals surface area (Å²) in [5.74, 6) is -2.08. The number of hydrogen-bond acceptors (Lipinski definition) is 5. The molecular formula is C26H24FN2O5-. The molecule has 0 radical (unpaired) electrons. The highest BCUT2D eigenvalue weighted by Crippen LogP contribution is 2.35. The van der Waals surface area contributed by atoms with Crippen molar-refractivity contribution in [2.24, 2.45) is 11.1 Å². The molecule has 1 saturated heterocycles. The van der Waals surface area contributed by atoms with Gasteiger partial charge in [-0.05, 0) is 46.4 Å². The molecule has 1 amide bonds. The largest absolute Gasteiger partial charge is 0.530 e. The van der Waals surface area contributed by atoms with Gasteiger partial charge in [-0.15, -0.1) is 0 Å². The number of fused-ring (bicyclic) bond motifs is 1. The second-order valence-corrected chi connectivity index (χ2v) is 8.37. The number of nitrogens with zero attached hydrogens (tertiary/aromatic N) is 2. The first kappa shape index (κ1) is 23.2. The third kappa shape index (κ3) is 5.51. The molecule has 7 nitrogen and oxygen atoms in total. The molecule has 1 fully saturated rings. The van der Waals surface area contributed by atoms with Crippen LogP contribution >= 0.6 is 0 Å². The van der Waals surface area contributed by atoms with Crippen LogP contribution in [0.1, 0.15) is 23.5 Å². The number of likely N-dealkylation sites (tertiary alicyclic amines) is 1. The summed E-state index contributed by atoms with van der Waals surface area (Å²) in [7, 11) is 0. The van der Waals surface area contributed by atoms with Crippen LogP contribution in [0, 0.1) is 11.7 Å². The van der Waals surface area contributed by atoms with E-state index in [2.05, 4.69) is 5.16 Å². The zero-order valence-electron chi connectivity index (χ0n) is 18.4. The van der Waals surface area contributed by atoms with E-state index in [9.17, 15) is 19.1 Å². The van der Waals surface area contributed by atoms with Crippen LogP contribution in [0.5, 0.6) is 0 Å². The van der Waals surface area contributed by atoms with Crippen molar-refractivity contribution in [3.8, 4) is 0 Å². The van der Waals surface area contributed by atoms with E-state index in [0.717, 1.165) is 21.9 Å². The lowest BCUT2D eigenvalue weighted by atomic mass is 9.76. The number of carbonyl (C=O) groups excluding carboxylic acids is 1. The minimum atomic E-state index is -1.28. The summed E-state index contributed by atoms with van der Waals surface area (Å²) >= 11 is 0. The molecule has 176 valence electrons. The van der Waals surface area contributed by atoms with Gasteiger partial charge in [0.05, 0.1) is 5.71 Å². The Balaban J connectivity index is 1.70. The molecule has 0 aromatic heterocycles. The van der Waals surface area contributed by atoms with E-state index < -0.39 is 24.6 Å². The molecule has 3 aromatic rings. The molecule has 2 unspecified atom stereocenters. The van der Waals surface area contributed by atoms with E-state index in [1.54, 1.807) is 12.1 Å². The van der Waals surface area contributed by atoms with Crippen LogP contribution in [-0.4, -0.2) is 47.5 Å². The quantitative estimate of drug-likeness (QED) is 0.427. The monoisotopic (exact) mass is 463 g/mol. The van der Waals surface area contributed by atoms with Crippen molar-refractivity contribution >= 4 is 28.5 Å². The fourth-order valence-corrected chi connectivity index (χ4v) is 4.52. The molecule has 1 N–H and O–H groups in total. The van der Waals surface area contributed by atoms with E-state index in [4.69, 9.17) is 9.94 Å². The Kier molecular flexibility index (Phi) is 7.06. The van der Waals surface area contributed by atoms with Crippen LogP contribution in [0.15, 0.2) is 71.9 Å². The van der Waals surface area contributed by atoms with Gasteiger partial charge >= 0.3 is 5.97 Å². The normalized spacial score (nSPS) is 18.6. The highest BCUT2D eigenvalue weighted by molar-refractivity contribution is 5.91. The number of rotatable bonds is 7. The maximum Gasteiger partial charge on any atom is 0.344 e. The highest BCUT2D eigenvalue weighted by Gasteiger charge is 2.34. The summed E-state index contributed by atoms with van der Waals surface area (Å²) in [5, 5.41) is 26.9. The number of carboxylic acids is 1. The lowest BCUT2D eigenvalue weighted by molar-refractivity contribution is -0.266. The van der Waals surface area contributed by atoms with Crippen LogP contribution in [-0.2, 0) is 16.1 Å². The van der Waals surface area contributed by atoms with E-state index in [-0.39, 0.29) is 24.8 Å². The zero-order chi connectivity index (χ0) is 24.1. The number of hydrogen-bond donors (Lipinski definition) is 1. The zero-order valence-corrected chi connectivity index (χ0v) is 18.4. The Morgan fingerprint density at radius 1 is 1.09 bits per heavy atom. The molecule has 0 aliphatic carbocycles. The van der Waals surface area contributed by atoms with Crippen molar-refractivity contribution in [3.63, 3.8) is 0 Å². The molecule has 0 spiro atoms. The molecule has 3 aromatic carbocycles. The topological polar surface area (TPSA) is 102 Å². The Morgan fingerprint density at radius 2 is 1.82 bits per heavy atom. The lowest BCUT2D eigenvalue weighted by Gasteiger charge is -2.40. The average molecular weight is 463 g/mol. The smallest absolute Gasteiger partial charge is 0.344 e. The first-order valence-electron chi connectivity index (χ1n) is 11.0. The first-order valence-corrected chi connectivity index (χ1v) is 11.0. The van der Waals surface area contributed by atoms with E-state index in [1.807, 2.05) is 42.5 Å². The maximum atomic E-state index is 13.5. The Labute approximate surface area is 196 Å². The summed E-state index contributed by atoms with van der Waals surface area (Å²) in [6, 6.07) is 20.0. The maximum absolute atomic E-state index is 13.5. The third-order valence-electron chi connectivity index (χ3n) is 6.17. The fourth-order valence-electron chi connectivity index (χ4n) is 4.52. The van der Waals surface area contributed by atoms with Gasteiger partial charge in [-0.2, -0.15) is 0 Å². The molecule has 1 heterocycles. The third-order valence-corrected chi connectivity index (χ3v) is 6.17. The van der Waals surface area contributed by atoms with Crippen LogP contribution in [0.2, 0.25) is 0 Å². The summed E-state index contributed by atoms with van der Waals surface area (Å²) in [5.41, 5.74) is 2.31. The molecule has 0 saturated carbocycles. The number of oxime groups is 1. The van der Waals surface area contributed by atoms with Crippen molar-refractivity contribution < 1.29 is 29.0 Å². The van der Waals surface area contributed by atoms with E-state index in [1.165, 1.54) is 17.0 Å². The van der Waals surface area contributed by atoms with Crippen molar-refractivity contribution in [2.45, 2.75) is 18.8 Å². The van der Waals surface area contributed by atoms with Crippen LogP contribution in [0.25, 0.3) is 10.8 Å². The van der Waals surface area contributed by atoms with Crippen LogP contribution < -0.4 is 5.11 Å². The molecule has 1 aliphatic rings. The number of aliphatic carboxylic acids is 1. The van der Waals surface area contributed by atoms with E-state index in [0.29, 0.717) is 18.6 Å². The molecule has 0 bridgehead atoms. The van der Waals surface area contributed by atoms with Gasteiger partial charge in [0.1, 0.15) is 11.9 Å². The van der Waals surface area contributed by atoms with E-state index >= 15 is 0 Å². The fraction of sp³-hybridized carbons (Fsp3) is 0.269.